The minimum absolute atomic E-state index is 0.601. The number of nitrogens with one attached hydrogen (secondary N) is 1. The standard InChI is InChI=1S/C14H21NO3/c1-16-13-5-12(6-14(7-13)17-2)10-18-9-11-3-4-15-8-11/h5-7,11,15H,3-4,8-10H2,1-2H3/t11-/m1/s1. The maximum absolute atomic E-state index is 5.75. The predicted molar refractivity (Wildman–Crippen MR) is 70.2 cm³/mol. The lowest BCUT2D eigenvalue weighted by molar-refractivity contribution is 0.0922. The maximum Gasteiger partial charge on any atom is 0.122 e. The van der Waals surface area contributed by atoms with Crippen molar-refractivity contribution in [3.8, 4) is 11.5 Å². The monoisotopic (exact) mass is 251 g/mol. The van der Waals surface area contributed by atoms with Gasteiger partial charge in [0.1, 0.15) is 11.5 Å². The van der Waals surface area contributed by atoms with Crippen molar-refractivity contribution in [3.05, 3.63) is 23.8 Å². The molecule has 1 aliphatic heterocycles. The summed E-state index contributed by atoms with van der Waals surface area (Å²) in [5, 5.41) is 3.34. The normalized spacial score (nSPS) is 18.9. The van der Waals surface area contributed by atoms with E-state index in [-0.39, 0.29) is 0 Å². The van der Waals surface area contributed by atoms with Crippen molar-refractivity contribution in [1.82, 2.24) is 5.32 Å². The molecule has 1 fully saturated rings. The van der Waals surface area contributed by atoms with Crippen molar-refractivity contribution in [2.45, 2.75) is 13.0 Å². The third kappa shape index (κ3) is 3.62. The molecule has 4 nitrogen and oxygen atoms in total. The first-order valence-corrected chi connectivity index (χ1v) is 6.32. The van der Waals surface area contributed by atoms with Crippen molar-refractivity contribution >= 4 is 0 Å². The van der Waals surface area contributed by atoms with Gasteiger partial charge in [-0.15, -0.1) is 0 Å². The zero-order chi connectivity index (χ0) is 12.8. The summed E-state index contributed by atoms with van der Waals surface area (Å²) in [5.74, 6) is 2.25. The van der Waals surface area contributed by atoms with Crippen LogP contribution < -0.4 is 14.8 Å². The van der Waals surface area contributed by atoms with Crippen molar-refractivity contribution in [3.63, 3.8) is 0 Å². The Bertz CT molecular complexity index is 353. The fraction of sp³-hybridized carbons (Fsp3) is 0.571. The van der Waals surface area contributed by atoms with E-state index in [0.717, 1.165) is 36.8 Å². The van der Waals surface area contributed by atoms with Crippen LogP contribution in [0.3, 0.4) is 0 Å². The van der Waals surface area contributed by atoms with E-state index in [0.29, 0.717) is 12.5 Å². The van der Waals surface area contributed by atoms with Gasteiger partial charge in [0.2, 0.25) is 0 Å². The highest BCUT2D eigenvalue weighted by molar-refractivity contribution is 5.38. The quantitative estimate of drug-likeness (QED) is 0.837. The van der Waals surface area contributed by atoms with Crippen molar-refractivity contribution in [1.29, 1.82) is 0 Å². The van der Waals surface area contributed by atoms with Crippen LogP contribution in [-0.4, -0.2) is 33.9 Å². The summed E-state index contributed by atoms with van der Waals surface area (Å²) in [6.07, 6.45) is 1.21. The van der Waals surface area contributed by atoms with Crippen LogP contribution in [0, 0.1) is 5.92 Å². The van der Waals surface area contributed by atoms with Crippen LogP contribution in [0.25, 0.3) is 0 Å². The Morgan fingerprint density at radius 3 is 2.44 bits per heavy atom. The van der Waals surface area contributed by atoms with E-state index in [9.17, 15) is 0 Å². The highest BCUT2D eigenvalue weighted by atomic mass is 16.5. The summed E-state index contributed by atoms with van der Waals surface area (Å²) in [6.45, 7) is 3.60. The predicted octanol–water partition coefficient (Wildman–Crippen LogP) is 1.83. The lowest BCUT2D eigenvalue weighted by Crippen LogP contribution is -2.13. The van der Waals surface area contributed by atoms with Crippen molar-refractivity contribution in [2.75, 3.05) is 33.9 Å². The molecule has 0 spiro atoms. The van der Waals surface area contributed by atoms with E-state index >= 15 is 0 Å². The topological polar surface area (TPSA) is 39.7 Å². The molecular formula is C14H21NO3. The van der Waals surface area contributed by atoms with Crippen LogP contribution in [-0.2, 0) is 11.3 Å². The molecule has 0 unspecified atom stereocenters. The van der Waals surface area contributed by atoms with Gasteiger partial charge in [0.15, 0.2) is 0 Å². The highest BCUT2D eigenvalue weighted by Gasteiger charge is 2.14. The number of benzene rings is 1. The zero-order valence-corrected chi connectivity index (χ0v) is 11.1. The molecule has 2 rings (SSSR count). The van der Waals surface area contributed by atoms with Crippen LogP contribution in [0.5, 0.6) is 11.5 Å². The largest absolute Gasteiger partial charge is 0.497 e. The molecule has 1 aromatic rings. The van der Waals surface area contributed by atoms with E-state index in [1.54, 1.807) is 14.2 Å². The average molecular weight is 251 g/mol. The first kappa shape index (κ1) is 13.2. The second-order valence-corrected chi connectivity index (χ2v) is 4.59. The maximum atomic E-state index is 5.75. The van der Waals surface area contributed by atoms with Crippen LogP contribution >= 0.6 is 0 Å². The Kier molecular flexibility index (Phi) is 4.84. The molecule has 0 radical (unpaired) electrons. The Morgan fingerprint density at radius 1 is 1.17 bits per heavy atom. The summed E-state index contributed by atoms with van der Waals surface area (Å²) in [7, 11) is 3.31. The third-order valence-electron chi connectivity index (χ3n) is 3.20. The van der Waals surface area contributed by atoms with Crippen LogP contribution in [0.2, 0.25) is 0 Å². The molecule has 0 aliphatic carbocycles. The van der Waals surface area contributed by atoms with Crippen molar-refractivity contribution in [2.24, 2.45) is 5.92 Å². The molecule has 0 amide bonds. The number of hydrogen-bond donors (Lipinski definition) is 1. The van der Waals surface area contributed by atoms with Gasteiger partial charge in [-0.2, -0.15) is 0 Å². The molecule has 0 aromatic heterocycles. The van der Waals surface area contributed by atoms with Gasteiger partial charge in [-0.3, -0.25) is 0 Å². The summed E-state index contributed by atoms with van der Waals surface area (Å²) in [4.78, 5) is 0. The van der Waals surface area contributed by atoms with Crippen LogP contribution in [0.4, 0.5) is 0 Å². The van der Waals surface area contributed by atoms with Gasteiger partial charge in [-0.25, -0.2) is 0 Å². The van der Waals surface area contributed by atoms with E-state index in [1.165, 1.54) is 6.42 Å². The first-order chi connectivity index (χ1) is 8.81. The minimum Gasteiger partial charge on any atom is -0.497 e. The summed E-state index contributed by atoms with van der Waals surface area (Å²) in [5.41, 5.74) is 1.08. The highest BCUT2D eigenvalue weighted by Crippen LogP contribution is 2.23. The number of hydrogen-bond acceptors (Lipinski definition) is 4. The molecule has 1 aliphatic rings. The number of rotatable bonds is 6. The second kappa shape index (κ2) is 6.61. The van der Waals surface area contributed by atoms with Crippen LogP contribution in [0.1, 0.15) is 12.0 Å². The number of ether oxygens (including phenoxy) is 3. The molecule has 1 saturated heterocycles. The van der Waals surface area contributed by atoms with E-state index in [1.807, 2.05) is 18.2 Å². The Hall–Kier alpha value is -1.26. The molecular weight excluding hydrogens is 230 g/mol. The molecule has 1 heterocycles. The minimum atomic E-state index is 0.601. The van der Waals surface area contributed by atoms with Gasteiger partial charge in [-0.1, -0.05) is 0 Å². The Labute approximate surface area is 108 Å². The Balaban J connectivity index is 1.87. The molecule has 1 aromatic carbocycles. The molecule has 1 atom stereocenters. The fourth-order valence-electron chi connectivity index (χ4n) is 2.15. The molecule has 1 N–H and O–H groups in total. The lowest BCUT2D eigenvalue weighted by Gasteiger charge is -2.11. The van der Waals surface area contributed by atoms with Gasteiger partial charge in [0.25, 0.3) is 0 Å². The second-order valence-electron chi connectivity index (χ2n) is 4.59. The van der Waals surface area contributed by atoms with Gasteiger partial charge in [0.05, 0.1) is 27.4 Å². The van der Waals surface area contributed by atoms with E-state index in [4.69, 9.17) is 14.2 Å². The van der Waals surface area contributed by atoms with Gasteiger partial charge < -0.3 is 19.5 Å². The summed E-state index contributed by atoms with van der Waals surface area (Å²) >= 11 is 0. The molecule has 18 heavy (non-hydrogen) atoms. The number of methoxy groups -OCH3 is 2. The van der Waals surface area contributed by atoms with Crippen molar-refractivity contribution < 1.29 is 14.2 Å². The fourth-order valence-corrected chi connectivity index (χ4v) is 2.15. The summed E-state index contributed by atoms with van der Waals surface area (Å²) in [6, 6.07) is 5.83. The SMILES string of the molecule is COc1cc(COC[C@@H]2CCNC2)cc(OC)c1. The smallest absolute Gasteiger partial charge is 0.122 e. The first-order valence-electron chi connectivity index (χ1n) is 6.32. The van der Waals surface area contributed by atoms with Gasteiger partial charge >= 0.3 is 0 Å². The molecule has 0 saturated carbocycles. The summed E-state index contributed by atoms with van der Waals surface area (Å²) < 4.78 is 16.2. The zero-order valence-electron chi connectivity index (χ0n) is 11.1. The van der Waals surface area contributed by atoms with Crippen LogP contribution in [0.15, 0.2) is 18.2 Å². The van der Waals surface area contributed by atoms with E-state index in [2.05, 4.69) is 5.32 Å². The van der Waals surface area contributed by atoms with Gasteiger partial charge in [-0.05, 0) is 36.6 Å². The van der Waals surface area contributed by atoms with Gasteiger partial charge in [0, 0.05) is 12.6 Å². The Morgan fingerprint density at radius 2 is 1.89 bits per heavy atom. The van der Waals surface area contributed by atoms with E-state index < -0.39 is 0 Å². The molecule has 4 heteroatoms. The third-order valence-corrected chi connectivity index (χ3v) is 3.20. The molecule has 0 bridgehead atoms. The molecule has 100 valence electrons. The average Bonchev–Trinajstić information content (AvgIpc) is 2.91. The lowest BCUT2D eigenvalue weighted by atomic mass is 10.1.